The zero-order valence-corrected chi connectivity index (χ0v) is 6.47. The van der Waals surface area contributed by atoms with Crippen molar-refractivity contribution in [2.75, 3.05) is 0 Å². The van der Waals surface area contributed by atoms with Gasteiger partial charge in [0.25, 0.3) is 0 Å². The molecular formula is C5H4ClNO2S. The second kappa shape index (κ2) is 2.98. The van der Waals surface area contributed by atoms with Gasteiger partial charge in [0.05, 0.1) is 5.02 Å². The Morgan fingerprint density at radius 1 is 1.50 bits per heavy atom. The molecule has 1 heterocycles. The summed E-state index contributed by atoms with van der Waals surface area (Å²) in [5.41, 5.74) is 0. The Kier molecular flexibility index (Phi) is 2.24. The summed E-state index contributed by atoms with van der Waals surface area (Å²) in [4.78, 5) is 3.67. The highest BCUT2D eigenvalue weighted by molar-refractivity contribution is 7.72. The van der Waals surface area contributed by atoms with Gasteiger partial charge in [-0.25, -0.2) is 8.42 Å². The van der Waals surface area contributed by atoms with Gasteiger partial charge in [0, 0.05) is 12.4 Å². The second-order valence-corrected chi connectivity index (χ2v) is 2.99. The van der Waals surface area contributed by atoms with Crippen molar-refractivity contribution in [2.24, 2.45) is 0 Å². The average Bonchev–Trinajstić information content (AvgIpc) is 1.88. The summed E-state index contributed by atoms with van der Waals surface area (Å²) >= 11 is 5.50. The lowest BCUT2D eigenvalue weighted by Gasteiger charge is -1.90. The summed E-state index contributed by atoms with van der Waals surface area (Å²) in [5, 5.41) is 0.214. The molecule has 0 fully saturated rings. The van der Waals surface area contributed by atoms with Gasteiger partial charge in [-0.2, -0.15) is 0 Å². The summed E-state index contributed by atoms with van der Waals surface area (Å²) in [6.45, 7) is 0. The molecule has 1 rings (SSSR count). The molecule has 0 spiro atoms. The van der Waals surface area contributed by atoms with Gasteiger partial charge in [0.15, 0.2) is 10.7 Å². The zero-order valence-electron chi connectivity index (χ0n) is 4.82. The molecule has 0 saturated heterocycles. The molecule has 0 aliphatic carbocycles. The van der Waals surface area contributed by atoms with E-state index in [1.165, 1.54) is 18.5 Å². The Bertz CT molecular complexity index is 302. The summed E-state index contributed by atoms with van der Waals surface area (Å²) in [6.07, 6.45) is 2.65. The van der Waals surface area contributed by atoms with Crippen LogP contribution in [0.1, 0.15) is 0 Å². The third kappa shape index (κ3) is 1.46. The summed E-state index contributed by atoms with van der Waals surface area (Å²) < 4.78 is 20.7. The lowest BCUT2D eigenvalue weighted by atomic mass is 10.5. The van der Waals surface area contributed by atoms with Crippen molar-refractivity contribution in [3.05, 3.63) is 23.5 Å². The maximum atomic E-state index is 10.3. The van der Waals surface area contributed by atoms with Crippen LogP contribution < -0.4 is 0 Å². The minimum atomic E-state index is -2.61. The maximum Gasteiger partial charge on any atom is 0.171 e. The van der Waals surface area contributed by atoms with Crippen LogP contribution in [0.3, 0.4) is 0 Å². The molecule has 3 nitrogen and oxygen atoms in total. The molecule has 0 N–H and O–H groups in total. The van der Waals surface area contributed by atoms with Gasteiger partial charge in [0.1, 0.15) is 4.90 Å². The normalized spacial score (nSPS) is 10.2. The van der Waals surface area contributed by atoms with Crippen LogP contribution >= 0.6 is 11.6 Å². The van der Waals surface area contributed by atoms with Gasteiger partial charge in [-0.3, -0.25) is 4.98 Å². The minimum Gasteiger partial charge on any atom is -0.263 e. The van der Waals surface area contributed by atoms with Gasteiger partial charge >= 0.3 is 0 Å². The molecule has 0 radical (unpaired) electrons. The van der Waals surface area contributed by atoms with Crippen LogP contribution in [0.15, 0.2) is 23.4 Å². The molecule has 0 unspecified atom stereocenters. The van der Waals surface area contributed by atoms with Crippen molar-refractivity contribution >= 4 is 22.3 Å². The standard InChI is InChI=1S/C5H4ClNO2S/c6-4-1-2-7-3-5(4)10(8)9/h1-3,10H. The Morgan fingerprint density at radius 2 is 2.20 bits per heavy atom. The van der Waals surface area contributed by atoms with Crippen LogP contribution in [0.25, 0.3) is 0 Å². The number of thiol groups is 1. The monoisotopic (exact) mass is 177 g/mol. The molecule has 0 aromatic carbocycles. The van der Waals surface area contributed by atoms with Gasteiger partial charge in [-0.1, -0.05) is 11.6 Å². The van der Waals surface area contributed by atoms with E-state index in [9.17, 15) is 8.42 Å². The Morgan fingerprint density at radius 3 is 2.60 bits per heavy atom. The molecule has 0 aliphatic rings. The molecule has 0 bridgehead atoms. The molecule has 0 aliphatic heterocycles. The van der Waals surface area contributed by atoms with Gasteiger partial charge in [0.2, 0.25) is 0 Å². The smallest absolute Gasteiger partial charge is 0.171 e. The third-order valence-corrected chi connectivity index (χ3v) is 2.16. The number of halogens is 1. The molecule has 54 valence electrons. The fraction of sp³-hybridized carbons (Fsp3) is 0. The van der Waals surface area contributed by atoms with Gasteiger partial charge < -0.3 is 0 Å². The first-order chi connectivity index (χ1) is 4.72. The van der Waals surface area contributed by atoms with E-state index >= 15 is 0 Å². The van der Waals surface area contributed by atoms with E-state index in [-0.39, 0.29) is 9.92 Å². The van der Waals surface area contributed by atoms with Crippen LogP contribution in [-0.2, 0) is 10.7 Å². The Labute approximate surface area is 64.6 Å². The fourth-order valence-electron chi connectivity index (χ4n) is 0.504. The first-order valence-corrected chi connectivity index (χ1v) is 4.01. The summed E-state index contributed by atoms with van der Waals surface area (Å²) in [6, 6.07) is 1.43. The van der Waals surface area contributed by atoms with Gasteiger partial charge in [-0.05, 0) is 6.07 Å². The van der Waals surface area contributed by atoms with Crippen molar-refractivity contribution in [1.29, 1.82) is 0 Å². The minimum absolute atomic E-state index is 0.0687. The fourth-order valence-corrected chi connectivity index (χ4v) is 1.23. The first kappa shape index (κ1) is 7.50. The lowest BCUT2D eigenvalue weighted by molar-refractivity contribution is 0.614. The average molecular weight is 178 g/mol. The highest BCUT2D eigenvalue weighted by Crippen LogP contribution is 2.13. The number of hydrogen-bond acceptors (Lipinski definition) is 3. The predicted molar refractivity (Wildman–Crippen MR) is 37.8 cm³/mol. The molecular weight excluding hydrogens is 174 g/mol. The van der Waals surface area contributed by atoms with Crippen molar-refractivity contribution in [3.63, 3.8) is 0 Å². The number of nitrogens with zero attached hydrogens (tertiary/aromatic N) is 1. The van der Waals surface area contributed by atoms with Crippen LogP contribution in [-0.4, -0.2) is 13.4 Å². The van der Waals surface area contributed by atoms with E-state index in [1.54, 1.807) is 0 Å². The van der Waals surface area contributed by atoms with E-state index in [2.05, 4.69) is 4.98 Å². The largest absolute Gasteiger partial charge is 0.263 e. The van der Waals surface area contributed by atoms with Crippen molar-refractivity contribution in [1.82, 2.24) is 4.98 Å². The summed E-state index contributed by atoms with van der Waals surface area (Å²) in [7, 11) is -2.61. The van der Waals surface area contributed by atoms with Crippen LogP contribution in [0.2, 0.25) is 5.02 Å². The third-order valence-electron chi connectivity index (χ3n) is 0.945. The quantitative estimate of drug-likeness (QED) is 0.643. The van der Waals surface area contributed by atoms with E-state index in [1.807, 2.05) is 0 Å². The lowest BCUT2D eigenvalue weighted by Crippen LogP contribution is -1.82. The van der Waals surface area contributed by atoms with Crippen LogP contribution in [0.4, 0.5) is 0 Å². The van der Waals surface area contributed by atoms with Crippen LogP contribution in [0.5, 0.6) is 0 Å². The molecule has 0 atom stereocenters. The van der Waals surface area contributed by atoms with Crippen molar-refractivity contribution in [3.8, 4) is 0 Å². The van der Waals surface area contributed by atoms with Crippen molar-refractivity contribution < 1.29 is 8.42 Å². The number of aromatic nitrogens is 1. The number of pyridine rings is 1. The number of rotatable bonds is 1. The molecule has 10 heavy (non-hydrogen) atoms. The zero-order chi connectivity index (χ0) is 7.56. The molecule has 0 amide bonds. The number of hydrogen-bond donors (Lipinski definition) is 1. The first-order valence-electron chi connectivity index (χ1n) is 2.45. The molecule has 5 heteroatoms. The second-order valence-electron chi connectivity index (χ2n) is 1.58. The predicted octanol–water partition coefficient (Wildman–Crippen LogP) is 0.705. The van der Waals surface area contributed by atoms with E-state index in [4.69, 9.17) is 11.6 Å². The van der Waals surface area contributed by atoms with Crippen molar-refractivity contribution in [2.45, 2.75) is 4.90 Å². The SMILES string of the molecule is O=[SH](=O)c1cnccc1Cl. The van der Waals surface area contributed by atoms with E-state index < -0.39 is 10.7 Å². The van der Waals surface area contributed by atoms with E-state index in [0.717, 1.165) is 0 Å². The highest BCUT2D eigenvalue weighted by atomic mass is 35.5. The topological polar surface area (TPSA) is 47.0 Å². The Hall–Kier alpha value is -0.610. The summed E-state index contributed by atoms with van der Waals surface area (Å²) in [5.74, 6) is 0. The molecule has 0 saturated carbocycles. The van der Waals surface area contributed by atoms with Crippen LogP contribution in [0, 0.1) is 0 Å². The van der Waals surface area contributed by atoms with Gasteiger partial charge in [-0.15, -0.1) is 0 Å². The molecule has 1 aromatic heterocycles. The maximum absolute atomic E-state index is 10.3. The van der Waals surface area contributed by atoms with E-state index in [0.29, 0.717) is 0 Å². The highest BCUT2D eigenvalue weighted by Gasteiger charge is 1.99. The molecule has 1 aromatic rings. The Balaban J connectivity index is 3.28.